The van der Waals surface area contributed by atoms with Gasteiger partial charge in [-0.1, -0.05) is 0 Å². The average Bonchev–Trinajstić information content (AvgIpc) is 2.84. The molecule has 16 heavy (non-hydrogen) atoms. The Kier molecular flexibility index (Phi) is 2.03. The van der Waals surface area contributed by atoms with Crippen LogP contribution in [0.4, 0.5) is 5.82 Å². The van der Waals surface area contributed by atoms with Crippen LogP contribution in [0.1, 0.15) is 12.1 Å². The molecule has 84 valence electrons. The van der Waals surface area contributed by atoms with Gasteiger partial charge in [-0.15, -0.1) is 0 Å². The molecule has 6 nitrogen and oxygen atoms in total. The maximum absolute atomic E-state index is 9.55. The highest BCUT2D eigenvalue weighted by Gasteiger charge is 2.23. The minimum absolute atomic E-state index is 0.243. The first-order valence-corrected chi connectivity index (χ1v) is 5.34. The molecule has 0 aliphatic carbocycles. The summed E-state index contributed by atoms with van der Waals surface area (Å²) in [6, 6.07) is 1.97. The quantitative estimate of drug-likeness (QED) is 0.731. The SMILES string of the molecule is Cc1cc(N2CCC(O)C2)n2ncnc2n1. The van der Waals surface area contributed by atoms with Gasteiger partial charge < -0.3 is 10.0 Å². The number of anilines is 1. The van der Waals surface area contributed by atoms with Crippen LogP contribution >= 0.6 is 0 Å². The van der Waals surface area contributed by atoms with Gasteiger partial charge in [0.1, 0.15) is 12.1 Å². The zero-order chi connectivity index (χ0) is 11.1. The molecule has 2 aromatic rings. The highest BCUT2D eigenvalue weighted by atomic mass is 16.3. The second-order valence-corrected chi connectivity index (χ2v) is 4.12. The summed E-state index contributed by atoms with van der Waals surface area (Å²) in [5, 5.41) is 13.7. The van der Waals surface area contributed by atoms with Crippen molar-refractivity contribution in [2.75, 3.05) is 18.0 Å². The first-order valence-electron chi connectivity index (χ1n) is 5.34. The van der Waals surface area contributed by atoms with E-state index >= 15 is 0 Å². The standard InChI is InChI=1S/C10H13N5O/c1-7-4-9(14-3-2-8(16)5-14)15-10(13-7)11-6-12-15/h4,6,8,16H,2-3,5H2,1H3. The highest BCUT2D eigenvalue weighted by molar-refractivity contribution is 5.47. The Labute approximate surface area is 92.5 Å². The van der Waals surface area contributed by atoms with Gasteiger partial charge >= 0.3 is 0 Å². The molecule has 0 radical (unpaired) electrons. The summed E-state index contributed by atoms with van der Waals surface area (Å²) in [4.78, 5) is 10.5. The first kappa shape index (κ1) is 9.53. The minimum Gasteiger partial charge on any atom is -0.391 e. The molecule has 6 heteroatoms. The van der Waals surface area contributed by atoms with Gasteiger partial charge in [-0.2, -0.15) is 14.6 Å². The molecule has 1 atom stereocenters. The molecule has 1 aliphatic heterocycles. The number of aromatic nitrogens is 4. The zero-order valence-corrected chi connectivity index (χ0v) is 9.04. The lowest BCUT2D eigenvalue weighted by Crippen LogP contribution is -2.24. The normalized spacial score (nSPS) is 20.9. The molecule has 0 spiro atoms. The van der Waals surface area contributed by atoms with E-state index in [1.165, 1.54) is 6.33 Å². The number of aliphatic hydroxyl groups is 1. The highest BCUT2D eigenvalue weighted by Crippen LogP contribution is 2.20. The van der Waals surface area contributed by atoms with E-state index in [1.807, 2.05) is 13.0 Å². The molecule has 1 saturated heterocycles. The molecular formula is C10H13N5O. The molecule has 3 heterocycles. The van der Waals surface area contributed by atoms with Crippen molar-refractivity contribution < 1.29 is 5.11 Å². The van der Waals surface area contributed by atoms with E-state index < -0.39 is 0 Å². The molecule has 0 bridgehead atoms. The van der Waals surface area contributed by atoms with Crippen molar-refractivity contribution in [3.8, 4) is 0 Å². The van der Waals surface area contributed by atoms with Crippen LogP contribution in [0.3, 0.4) is 0 Å². The molecular weight excluding hydrogens is 206 g/mol. The van der Waals surface area contributed by atoms with Gasteiger partial charge in [-0.25, -0.2) is 4.98 Å². The largest absolute Gasteiger partial charge is 0.391 e. The van der Waals surface area contributed by atoms with Crippen molar-refractivity contribution in [2.24, 2.45) is 0 Å². The Morgan fingerprint density at radius 1 is 1.50 bits per heavy atom. The van der Waals surface area contributed by atoms with E-state index in [2.05, 4.69) is 20.0 Å². The molecule has 0 aromatic carbocycles. The van der Waals surface area contributed by atoms with E-state index in [0.29, 0.717) is 12.3 Å². The number of hydrogen-bond acceptors (Lipinski definition) is 5. The molecule has 1 fully saturated rings. The number of fused-ring (bicyclic) bond motifs is 1. The van der Waals surface area contributed by atoms with Crippen molar-refractivity contribution in [2.45, 2.75) is 19.4 Å². The summed E-state index contributed by atoms with van der Waals surface area (Å²) in [6.07, 6.45) is 2.06. The maximum atomic E-state index is 9.55. The molecule has 0 saturated carbocycles. The monoisotopic (exact) mass is 219 g/mol. The topological polar surface area (TPSA) is 66.5 Å². The van der Waals surface area contributed by atoms with E-state index in [1.54, 1.807) is 4.52 Å². The van der Waals surface area contributed by atoms with Crippen LogP contribution in [0.25, 0.3) is 5.78 Å². The fourth-order valence-electron chi connectivity index (χ4n) is 2.09. The first-order chi connectivity index (χ1) is 7.74. The third-order valence-corrected chi connectivity index (χ3v) is 2.85. The van der Waals surface area contributed by atoms with Crippen LogP contribution in [0.15, 0.2) is 12.4 Å². The number of aryl methyl sites for hydroxylation is 1. The van der Waals surface area contributed by atoms with E-state index in [-0.39, 0.29) is 6.10 Å². The van der Waals surface area contributed by atoms with Crippen LogP contribution in [0.2, 0.25) is 0 Å². The average molecular weight is 219 g/mol. The van der Waals surface area contributed by atoms with Gasteiger partial charge in [0.25, 0.3) is 5.78 Å². The number of rotatable bonds is 1. The van der Waals surface area contributed by atoms with Gasteiger partial charge in [-0.05, 0) is 13.3 Å². The lowest BCUT2D eigenvalue weighted by molar-refractivity contribution is 0.198. The summed E-state index contributed by atoms with van der Waals surface area (Å²) >= 11 is 0. The molecule has 1 N–H and O–H groups in total. The zero-order valence-electron chi connectivity index (χ0n) is 9.04. The smallest absolute Gasteiger partial charge is 0.254 e. The van der Waals surface area contributed by atoms with Crippen LogP contribution in [0.5, 0.6) is 0 Å². The van der Waals surface area contributed by atoms with Crippen LogP contribution in [-0.2, 0) is 0 Å². The van der Waals surface area contributed by atoms with Crippen molar-refractivity contribution in [3.05, 3.63) is 18.1 Å². The van der Waals surface area contributed by atoms with Crippen LogP contribution in [0, 0.1) is 6.92 Å². The van der Waals surface area contributed by atoms with Gasteiger partial charge in [0, 0.05) is 24.8 Å². The molecule has 0 amide bonds. The second-order valence-electron chi connectivity index (χ2n) is 4.12. The Hall–Kier alpha value is -1.69. The van der Waals surface area contributed by atoms with Crippen LogP contribution in [-0.4, -0.2) is 43.9 Å². The van der Waals surface area contributed by atoms with Gasteiger partial charge in [0.05, 0.1) is 6.10 Å². The van der Waals surface area contributed by atoms with Gasteiger partial charge in [0.2, 0.25) is 0 Å². The lowest BCUT2D eigenvalue weighted by atomic mass is 10.3. The third-order valence-electron chi connectivity index (χ3n) is 2.85. The van der Waals surface area contributed by atoms with Crippen molar-refractivity contribution in [1.82, 2.24) is 19.6 Å². The fraction of sp³-hybridized carbons (Fsp3) is 0.500. The lowest BCUT2D eigenvalue weighted by Gasteiger charge is -2.18. The Morgan fingerprint density at radius 2 is 2.38 bits per heavy atom. The Balaban J connectivity index is 2.11. The molecule has 3 rings (SSSR count). The summed E-state index contributed by atoms with van der Waals surface area (Å²) in [7, 11) is 0. The summed E-state index contributed by atoms with van der Waals surface area (Å²) in [5.74, 6) is 1.56. The Bertz CT molecular complexity index is 523. The summed E-state index contributed by atoms with van der Waals surface area (Å²) in [5.41, 5.74) is 0.914. The Morgan fingerprint density at radius 3 is 3.12 bits per heavy atom. The number of aliphatic hydroxyl groups excluding tert-OH is 1. The minimum atomic E-state index is -0.243. The predicted octanol–water partition coefficient (Wildman–Crippen LogP) is 0.00372. The number of hydrogen-bond donors (Lipinski definition) is 1. The van der Waals surface area contributed by atoms with Gasteiger partial charge in [0.15, 0.2) is 0 Å². The predicted molar refractivity (Wildman–Crippen MR) is 58.4 cm³/mol. The van der Waals surface area contributed by atoms with Crippen molar-refractivity contribution in [3.63, 3.8) is 0 Å². The van der Waals surface area contributed by atoms with Crippen molar-refractivity contribution >= 4 is 11.6 Å². The maximum Gasteiger partial charge on any atom is 0.254 e. The molecule has 1 unspecified atom stereocenters. The summed E-state index contributed by atoms with van der Waals surface area (Å²) in [6.45, 7) is 3.43. The van der Waals surface area contributed by atoms with Crippen LogP contribution < -0.4 is 4.90 Å². The van der Waals surface area contributed by atoms with E-state index in [9.17, 15) is 5.11 Å². The molecule has 1 aliphatic rings. The fourth-order valence-corrected chi connectivity index (χ4v) is 2.09. The number of nitrogens with zero attached hydrogens (tertiary/aromatic N) is 5. The van der Waals surface area contributed by atoms with E-state index in [0.717, 1.165) is 24.5 Å². The molecule has 2 aromatic heterocycles. The summed E-state index contributed by atoms with van der Waals surface area (Å²) < 4.78 is 1.71. The van der Waals surface area contributed by atoms with Crippen molar-refractivity contribution in [1.29, 1.82) is 0 Å². The second kappa shape index (κ2) is 3.41. The number of β-amino-alcohol motifs (C(OH)–C–C–N with tert-alkyl or cyclic N) is 1. The third kappa shape index (κ3) is 1.42. The van der Waals surface area contributed by atoms with E-state index in [4.69, 9.17) is 0 Å². The van der Waals surface area contributed by atoms with Gasteiger partial charge in [-0.3, -0.25) is 0 Å².